The van der Waals surface area contributed by atoms with E-state index in [1.807, 2.05) is 44.2 Å². The van der Waals surface area contributed by atoms with Crippen LogP contribution < -0.4 is 10.9 Å². The lowest BCUT2D eigenvalue weighted by atomic mass is 9.97. The van der Waals surface area contributed by atoms with Gasteiger partial charge in [-0.1, -0.05) is 29.8 Å². The Bertz CT molecular complexity index is 1060. The van der Waals surface area contributed by atoms with E-state index in [0.29, 0.717) is 23.7 Å². The third-order valence-corrected chi connectivity index (χ3v) is 5.46. The van der Waals surface area contributed by atoms with Crippen LogP contribution in [0.15, 0.2) is 41.2 Å². The van der Waals surface area contributed by atoms with E-state index in [1.165, 1.54) is 10.6 Å². The van der Waals surface area contributed by atoms with Gasteiger partial charge in [-0.3, -0.25) is 14.7 Å². The number of ether oxygens (including phenoxy) is 1. The highest BCUT2D eigenvalue weighted by molar-refractivity contribution is 5.79. The Balaban J connectivity index is 1.49. The molecule has 0 aliphatic carbocycles. The molecule has 1 aliphatic rings. The number of rotatable bonds is 5. The molecule has 1 aliphatic heterocycles. The molecule has 4 rings (SSSR count). The molecule has 3 aromatic rings. The van der Waals surface area contributed by atoms with E-state index in [9.17, 15) is 9.59 Å². The maximum Gasteiger partial charge on any atom is 0.272 e. The quantitative estimate of drug-likeness (QED) is 0.696. The molecule has 29 heavy (non-hydrogen) atoms. The van der Waals surface area contributed by atoms with Gasteiger partial charge in [-0.25, -0.2) is 9.50 Å². The Labute approximate surface area is 169 Å². The zero-order valence-corrected chi connectivity index (χ0v) is 16.8. The summed E-state index contributed by atoms with van der Waals surface area (Å²) in [5, 5.41) is 6.12. The molecule has 0 radical (unpaired) electrons. The molecule has 1 saturated heterocycles. The first kappa shape index (κ1) is 19.4. The van der Waals surface area contributed by atoms with E-state index in [2.05, 4.69) is 15.4 Å². The van der Waals surface area contributed by atoms with Crippen molar-refractivity contribution in [1.29, 1.82) is 0 Å². The third kappa shape index (κ3) is 4.40. The fourth-order valence-electron chi connectivity index (χ4n) is 3.73. The second-order valence-electron chi connectivity index (χ2n) is 7.76. The summed E-state index contributed by atoms with van der Waals surface area (Å²) in [6, 6.07) is 10.9. The number of benzene rings is 1. The minimum Gasteiger partial charge on any atom is -0.381 e. The SMILES string of the molecule is Cc1ccc(CC(=O)N[C@H](C)c2cc(=O)n3[nH]c(C4CCOCC4)cc3n2)cc1. The van der Waals surface area contributed by atoms with Crippen LogP contribution >= 0.6 is 0 Å². The average Bonchev–Trinajstić information content (AvgIpc) is 3.15. The predicted octanol–water partition coefficient (Wildman–Crippen LogP) is 2.64. The second kappa shape index (κ2) is 8.21. The first-order chi connectivity index (χ1) is 14.0. The van der Waals surface area contributed by atoms with Gasteiger partial charge in [0.05, 0.1) is 18.2 Å². The van der Waals surface area contributed by atoms with Crippen molar-refractivity contribution >= 4 is 11.6 Å². The van der Waals surface area contributed by atoms with Crippen LogP contribution in [-0.2, 0) is 16.0 Å². The first-order valence-corrected chi connectivity index (χ1v) is 10.0. The zero-order chi connectivity index (χ0) is 20.4. The number of amides is 1. The van der Waals surface area contributed by atoms with Crippen molar-refractivity contribution in [1.82, 2.24) is 19.9 Å². The molecule has 1 atom stereocenters. The van der Waals surface area contributed by atoms with E-state index in [0.717, 1.165) is 42.9 Å². The monoisotopic (exact) mass is 394 g/mol. The summed E-state index contributed by atoms with van der Waals surface area (Å²) in [6.07, 6.45) is 2.16. The van der Waals surface area contributed by atoms with Crippen molar-refractivity contribution in [3.05, 3.63) is 69.3 Å². The Morgan fingerprint density at radius 3 is 2.72 bits per heavy atom. The van der Waals surface area contributed by atoms with Crippen LogP contribution in [0, 0.1) is 6.92 Å². The Morgan fingerprint density at radius 2 is 2.00 bits per heavy atom. The van der Waals surface area contributed by atoms with E-state index in [4.69, 9.17) is 4.74 Å². The number of hydrogen-bond acceptors (Lipinski definition) is 4. The smallest absolute Gasteiger partial charge is 0.272 e. The van der Waals surface area contributed by atoms with Crippen LogP contribution in [0.25, 0.3) is 5.65 Å². The number of carbonyl (C=O) groups excluding carboxylic acids is 1. The normalized spacial score (nSPS) is 16.1. The van der Waals surface area contributed by atoms with Crippen molar-refractivity contribution in [2.45, 2.75) is 45.1 Å². The van der Waals surface area contributed by atoms with Crippen molar-refractivity contribution in [3.63, 3.8) is 0 Å². The molecule has 7 nitrogen and oxygen atoms in total. The van der Waals surface area contributed by atoms with Gasteiger partial charge in [0.15, 0.2) is 5.65 Å². The molecular formula is C22H26N4O3. The summed E-state index contributed by atoms with van der Waals surface area (Å²) >= 11 is 0. The molecule has 1 aromatic carbocycles. The summed E-state index contributed by atoms with van der Waals surface area (Å²) in [5.74, 6) is 0.250. The van der Waals surface area contributed by atoms with Crippen LogP contribution in [0.1, 0.15) is 54.2 Å². The lowest BCUT2D eigenvalue weighted by molar-refractivity contribution is -0.121. The summed E-state index contributed by atoms with van der Waals surface area (Å²) in [6.45, 7) is 5.33. The number of aryl methyl sites for hydroxylation is 1. The highest BCUT2D eigenvalue weighted by Crippen LogP contribution is 2.26. The van der Waals surface area contributed by atoms with Gasteiger partial charge < -0.3 is 10.1 Å². The molecule has 1 fully saturated rings. The Kier molecular flexibility index (Phi) is 5.49. The number of aromatic nitrogens is 3. The summed E-state index contributed by atoms with van der Waals surface area (Å²) in [5.41, 5.74) is 4.08. The summed E-state index contributed by atoms with van der Waals surface area (Å²) in [4.78, 5) is 29.6. The van der Waals surface area contributed by atoms with Gasteiger partial charge in [-0.05, 0) is 32.3 Å². The van der Waals surface area contributed by atoms with E-state index in [-0.39, 0.29) is 17.5 Å². The number of hydrogen-bond donors (Lipinski definition) is 2. The molecule has 0 bridgehead atoms. The third-order valence-electron chi connectivity index (χ3n) is 5.46. The van der Waals surface area contributed by atoms with Crippen LogP contribution in [0.2, 0.25) is 0 Å². The molecule has 0 unspecified atom stereocenters. The van der Waals surface area contributed by atoms with Gasteiger partial charge in [-0.15, -0.1) is 0 Å². The first-order valence-electron chi connectivity index (χ1n) is 10.0. The highest BCUT2D eigenvalue weighted by atomic mass is 16.5. The van der Waals surface area contributed by atoms with E-state index in [1.54, 1.807) is 0 Å². The number of H-pyrrole nitrogens is 1. The molecule has 3 heterocycles. The second-order valence-corrected chi connectivity index (χ2v) is 7.76. The van der Waals surface area contributed by atoms with Gasteiger partial charge in [-0.2, -0.15) is 0 Å². The zero-order valence-electron chi connectivity index (χ0n) is 16.8. The number of carbonyl (C=O) groups is 1. The maximum absolute atomic E-state index is 12.6. The van der Waals surface area contributed by atoms with E-state index < -0.39 is 0 Å². The molecule has 2 N–H and O–H groups in total. The Hall–Kier alpha value is -2.93. The summed E-state index contributed by atoms with van der Waals surface area (Å²) in [7, 11) is 0. The Morgan fingerprint density at radius 1 is 1.28 bits per heavy atom. The van der Waals surface area contributed by atoms with Crippen molar-refractivity contribution < 1.29 is 9.53 Å². The lowest BCUT2D eigenvalue weighted by Crippen LogP contribution is -2.30. The number of nitrogens with zero attached hydrogens (tertiary/aromatic N) is 2. The largest absolute Gasteiger partial charge is 0.381 e. The van der Waals surface area contributed by atoms with Gasteiger partial charge in [0.25, 0.3) is 5.56 Å². The van der Waals surface area contributed by atoms with Gasteiger partial charge in [0.2, 0.25) is 5.91 Å². The molecular weight excluding hydrogens is 368 g/mol. The predicted molar refractivity (Wildman–Crippen MR) is 110 cm³/mol. The summed E-state index contributed by atoms with van der Waals surface area (Å²) < 4.78 is 6.88. The number of nitrogens with one attached hydrogen (secondary N) is 2. The molecule has 0 saturated carbocycles. The van der Waals surface area contributed by atoms with Crippen LogP contribution in [0.5, 0.6) is 0 Å². The van der Waals surface area contributed by atoms with Crippen LogP contribution in [-0.4, -0.2) is 33.7 Å². The fourth-order valence-corrected chi connectivity index (χ4v) is 3.73. The lowest BCUT2D eigenvalue weighted by Gasteiger charge is -2.20. The molecule has 1 amide bonds. The number of aromatic amines is 1. The number of fused-ring (bicyclic) bond motifs is 1. The standard InChI is InChI=1S/C22H26N4O3/c1-14-3-5-16(6-4-14)11-21(27)23-15(2)18-13-22(28)26-20(24-18)12-19(25-26)17-7-9-29-10-8-17/h3-6,12-13,15,17,25H,7-11H2,1-2H3,(H,23,27)/t15-/m1/s1. The van der Waals surface area contributed by atoms with Crippen molar-refractivity contribution in [3.8, 4) is 0 Å². The topological polar surface area (TPSA) is 88.5 Å². The van der Waals surface area contributed by atoms with E-state index >= 15 is 0 Å². The van der Waals surface area contributed by atoms with Gasteiger partial charge in [0.1, 0.15) is 0 Å². The minimum atomic E-state index is -0.355. The molecule has 0 spiro atoms. The molecule has 7 heteroatoms. The minimum absolute atomic E-state index is 0.0969. The average molecular weight is 394 g/mol. The van der Waals surface area contributed by atoms with Gasteiger partial charge >= 0.3 is 0 Å². The van der Waals surface area contributed by atoms with Crippen molar-refractivity contribution in [2.24, 2.45) is 0 Å². The molecule has 2 aromatic heterocycles. The van der Waals surface area contributed by atoms with Crippen LogP contribution in [0.3, 0.4) is 0 Å². The fraction of sp³-hybridized carbons (Fsp3) is 0.409. The highest BCUT2D eigenvalue weighted by Gasteiger charge is 2.20. The molecule has 152 valence electrons. The van der Waals surface area contributed by atoms with Crippen LogP contribution in [0.4, 0.5) is 0 Å². The van der Waals surface area contributed by atoms with Crippen molar-refractivity contribution in [2.75, 3.05) is 13.2 Å². The maximum atomic E-state index is 12.6. The van der Waals surface area contributed by atoms with Gasteiger partial charge in [0, 0.05) is 37.0 Å².